The number of carbonyl (C=O) groups is 1. The average molecular weight is 271 g/mol. The summed E-state index contributed by atoms with van der Waals surface area (Å²) in [5, 5.41) is 6.03. The van der Waals surface area contributed by atoms with Gasteiger partial charge in [-0.25, -0.2) is 0 Å². The first-order valence-corrected chi connectivity index (χ1v) is 5.93. The highest BCUT2D eigenvalue weighted by atomic mass is 35.5. The first-order valence-electron chi connectivity index (χ1n) is 5.93. The van der Waals surface area contributed by atoms with E-state index in [1.165, 1.54) is 0 Å². The SMILES string of the molecule is Cl.O=C(COCc1ccccc1)NCC1CNC1. The molecular weight excluding hydrogens is 252 g/mol. The zero-order valence-electron chi connectivity index (χ0n) is 10.2. The molecule has 1 aliphatic heterocycles. The largest absolute Gasteiger partial charge is 0.367 e. The van der Waals surface area contributed by atoms with Crippen LogP contribution in [-0.4, -0.2) is 32.1 Å². The molecule has 1 fully saturated rings. The van der Waals surface area contributed by atoms with Gasteiger partial charge in [0.1, 0.15) is 6.61 Å². The number of nitrogens with one attached hydrogen (secondary N) is 2. The molecule has 0 radical (unpaired) electrons. The maximum atomic E-state index is 11.4. The smallest absolute Gasteiger partial charge is 0.246 e. The van der Waals surface area contributed by atoms with Crippen LogP contribution in [-0.2, 0) is 16.1 Å². The van der Waals surface area contributed by atoms with Gasteiger partial charge < -0.3 is 15.4 Å². The Bertz CT molecular complexity index is 355. The predicted molar refractivity (Wildman–Crippen MR) is 72.7 cm³/mol. The predicted octanol–water partition coefficient (Wildman–Crippen LogP) is 0.961. The molecule has 0 atom stereocenters. The molecule has 1 aromatic carbocycles. The average Bonchev–Trinajstić information content (AvgIpc) is 2.28. The van der Waals surface area contributed by atoms with Gasteiger partial charge in [-0.15, -0.1) is 12.4 Å². The number of carbonyl (C=O) groups excluding carboxylic acids is 1. The molecule has 1 aromatic rings. The Morgan fingerprint density at radius 2 is 2.06 bits per heavy atom. The van der Waals surface area contributed by atoms with Crippen LogP contribution in [0.3, 0.4) is 0 Å². The van der Waals surface area contributed by atoms with Crippen LogP contribution < -0.4 is 10.6 Å². The highest BCUT2D eigenvalue weighted by molar-refractivity contribution is 5.85. The van der Waals surface area contributed by atoms with E-state index in [1.54, 1.807) is 0 Å². The molecule has 2 N–H and O–H groups in total. The second-order valence-corrected chi connectivity index (χ2v) is 4.31. The lowest BCUT2D eigenvalue weighted by atomic mass is 10.0. The second-order valence-electron chi connectivity index (χ2n) is 4.31. The minimum atomic E-state index is -0.0344. The van der Waals surface area contributed by atoms with E-state index in [1.807, 2.05) is 30.3 Å². The highest BCUT2D eigenvalue weighted by Crippen LogP contribution is 2.01. The number of amides is 1. The Balaban J connectivity index is 0.00000162. The molecule has 5 heteroatoms. The van der Waals surface area contributed by atoms with Gasteiger partial charge in [-0.1, -0.05) is 30.3 Å². The van der Waals surface area contributed by atoms with Crippen molar-refractivity contribution in [3.05, 3.63) is 35.9 Å². The summed E-state index contributed by atoms with van der Waals surface area (Å²) >= 11 is 0. The van der Waals surface area contributed by atoms with Crippen LogP contribution in [0.15, 0.2) is 30.3 Å². The molecule has 0 aromatic heterocycles. The number of hydrogen-bond acceptors (Lipinski definition) is 3. The zero-order valence-corrected chi connectivity index (χ0v) is 11.0. The fourth-order valence-corrected chi connectivity index (χ4v) is 1.64. The maximum absolute atomic E-state index is 11.4. The minimum Gasteiger partial charge on any atom is -0.367 e. The van der Waals surface area contributed by atoms with Crippen LogP contribution in [0.2, 0.25) is 0 Å². The molecule has 0 aliphatic carbocycles. The number of halogens is 1. The summed E-state index contributed by atoms with van der Waals surface area (Å²) in [5.74, 6) is 0.556. The number of rotatable bonds is 6. The lowest BCUT2D eigenvalue weighted by Gasteiger charge is -2.27. The van der Waals surface area contributed by atoms with E-state index in [2.05, 4.69) is 10.6 Å². The van der Waals surface area contributed by atoms with E-state index < -0.39 is 0 Å². The van der Waals surface area contributed by atoms with Gasteiger partial charge in [0.05, 0.1) is 6.61 Å². The number of ether oxygens (including phenoxy) is 1. The topological polar surface area (TPSA) is 50.4 Å². The van der Waals surface area contributed by atoms with Crippen LogP contribution >= 0.6 is 12.4 Å². The third kappa shape index (κ3) is 5.04. The quantitative estimate of drug-likeness (QED) is 0.810. The van der Waals surface area contributed by atoms with E-state index in [4.69, 9.17) is 4.74 Å². The van der Waals surface area contributed by atoms with E-state index >= 15 is 0 Å². The number of hydrogen-bond donors (Lipinski definition) is 2. The van der Waals surface area contributed by atoms with Crippen LogP contribution in [0.25, 0.3) is 0 Å². The zero-order chi connectivity index (χ0) is 11.9. The van der Waals surface area contributed by atoms with Gasteiger partial charge in [0.25, 0.3) is 0 Å². The van der Waals surface area contributed by atoms with Crippen molar-refractivity contribution in [1.82, 2.24) is 10.6 Å². The summed E-state index contributed by atoms with van der Waals surface area (Å²) in [6.45, 7) is 3.38. The second kappa shape index (κ2) is 8.08. The standard InChI is InChI=1S/C13H18N2O2.ClH/c16-13(15-8-12-6-14-7-12)10-17-9-11-4-2-1-3-5-11;/h1-5,12,14H,6-10H2,(H,15,16);1H. The summed E-state index contributed by atoms with van der Waals surface area (Å²) in [7, 11) is 0. The highest BCUT2D eigenvalue weighted by Gasteiger charge is 2.16. The Morgan fingerprint density at radius 3 is 2.67 bits per heavy atom. The first-order chi connectivity index (χ1) is 8.34. The van der Waals surface area contributed by atoms with Crippen LogP contribution in [0.1, 0.15) is 5.56 Å². The molecule has 18 heavy (non-hydrogen) atoms. The molecule has 0 spiro atoms. The molecule has 1 saturated heterocycles. The fraction of sp³-hybridized carbons (Fsp3) is 0.462. The molecule has 0 unspecified atom stereocenters. The van der Waals surface area contributed by atoms with Gasteiger partial charge in [0.2, 0.25) is 5.91 Å². The van der Waals surface area contributed by atoms with Crippen molar-refractivity contribution in [3.8, 4) is 0 Å². The third-order valence-corrected chi connectivity index (χ3v) is 2.80. The monoisotopic (exact) mass is 270 g/mol. The first kappa shape index (κ1) is 15.0. The molecule has 0 bridgehead atoms. The van der Waals surface area contributed by atoms with Crippen molar-refractivity contribution >= 4 is 18.3 Å². The third-order valence-electron chi connectivity index (χ3n) is 2.80. The normalized spacial score (nSPS) is 14.4. The van der Waals surface area contributed by atoms with E-state index in [0.29, 0.717) is 12.5 Å². The summed E-state index contributed by atoms with van der Waals surface area (Å²) < 4.78 is 5.34. The fourth-order valence-electron chi connectivity index (χ4n) is 1.64. The molecule has 0 saturated carbocycles. The molecule has 100 valence electrons. The van der Waals surface area contributed by atoms with Gasteiger partial charge in [0, 0.05) is 25.6 Å². The van der Waals surface area contributed by atoms with Crippen molar-refractivity contribution in [1.29, 1.82) is 0 Å². The van der Waals surface area contributed by atoms with Gasteiger partial charge in [0.15, 0.2) is 0 Å². The molecule has 1 heterocycles. The molecule has 1 amide bonds. The Hall–Kier alpha value is -1.10. The van der Waals surface area contributed by atoms with Gasteiger partial charge >= 0.3 is 0 Å². The molecule has 4 nitrogen and oxygen atoms in total. The van der Waals surface area contributed by atoms with Gasteiger partial charge in [-0.3, -0.25) is 4.79 Å². The van der Waals surface area contributed by atoms with Crippen LogP contribution in [0.5, 0.6) is 0 Å². The molecular formula is C13H19ClN2O2. The Morgan fingerprint density at radius 1 is 1.33 bits per heavy atom. The van der Waals surface area contributed by atoms with Gasteiger partial charge in [-0.2, -0.15) is 0 Å². The molecule has 1 aliphatic rings. The van der Waals surface area contributed by atoms with E-state index in [-0.39, 0.29) is 24.9 Å². The van der Waals surface area contributed by atoms with Crippen molar-refractivity contribution in [2.45, 2.75) is 6.61 Å². The Labute approximate surface area is 114 Å². The summed E-state index contributed by atoms with van der Waals surface area (Å²) in [5.41, 5.74) is 1.09. The Kier molecular flexibility index (Phi) is 6.72. The minimum absolute atomic E-state index is 0. The number of benzene rings is 1. The van der Waals surface area contributed by atoms with Crippen molar-refractivity contribution in [3.63, 3.8) is 0 Å². The van der Waals surface area contributed by atoms with Crippen LogP contribution in [0.4, 0.5) is 0 Å². The lowest BCUT2D eigenvalue weighted by molar-refractivity contribution is -0.126. The van der Waals surface area contributed by atoms with Crippen LogP contribution in [0, 0.1) is 5.92 Å². The van der Waals surface area contributed by atoms with Gasteiger partial charge in [-0.05, 0) is 5.56 Å². The summed E-state index contributed by atoms with van der Waals surface area (Å²) in [4.78, 5) is 11.4. The summed E-state index contributed by atoms with van der Waals surface area (Å²) in [6, 6.07) is 9.85. The van der Waals surface area contributed by atoms with E-state index in [9.17, 15) is 4.79 Å². The van der Waals surface area contributed by atoms with Crippen molar-refractivity contribution in [2.24, 2.45) is 5.92 Å². The maximum Gasteiger partial charge on any atom is 0.246 e. The van der Waals surface area contributed by atoms with E-state index in [0.717, 1.165) is 25.2 Å². The lowest BCUT2D eigenvalue weighted by Crippen LogP contribution is -2.48. The summed E-state index contributed by atoms with van der Waals surface area (Å²) in [6.07, 6.45) is 0. The van der Waals surface area contributed by atoms with Crippen molar-refractivity contribution in [2.75, 3.05) is 26.2 Å². The van der Waals surface area contributed by atoms with Crippen molar-refractivity contribution < 1.29 is 9.53 Å². The molecule has 2 rings (SSSR count).